The van der Waals surface area contributed by atoms with Crippen LogP contribution in [0.3, 0.4) is 0 Å². The van der Waals surface area contributed by atoms with Gasteiger partial charge in [0.05, 0.1) is 16.0 Å². The lowest BCUT2D eigenvalue weighted by molar-refractivity contribution is 0.683. The van der Waals surface area contributed by atoms with Crippen molar-refractivity contribution in [3.05, 3.63) is 42.5 Å². The van der Waals surface area contributed by atoms with E-state index in [1.165, 1.54) is 0 Å². The molecule has 0 aromatic heterocycles. The number of rotatable bonds is 2. The molecular formula is C10H10OS. The smallest absolute Gasteiger partial charge is 0.0639 e. The van der Waals surface area contributed by atoms with Crippen LogP contribution in [0.4, 0.5) is 0 Å². The average molecular weight is 178 g/mol. The van der Waals surface area contributed by atoms with Gasteiger partial charge in [0.1, 0.15) is 0 Å². The van der Waals surface area contributed by atoms with E-state index >= 15 is 0 Å². The van der Waals surface area contributed by atoms with Crippen molar-refractivity contribution in [3.8, 4) is 0 Å². The predicted molar refractivity (Wildman–Crippen MR) is 50.4 cm³/mol. The van der Waals surface area contributed by atoms with Gasteiger partial charge in [0.2, 0.25) is 0 Å². The zero-order valence-electron chi connectivity index (χ0n) is 6.69. The van der Waals surface area contributed by atoms with Crippen molar-refractivity contribution in [1.29, 1.82) is 0 Å². The molecule has 0 aliphatic heterocycles. The Labute approximate surface area is 74.6 Å². The molecule has 1 fully saturated rings. The van der Waals surface area contributed by atoms with Crippen LogP contribution in [0.2, 0.25) is 0 Å². The molecule has 1 aromatic rings. The molecule has 2 atom stereocenters. The summed E-state index contributed by atoms with van der Waals surface area (Å²) in [5.41, 5.74) is 1.12. The minimum Gasteiger partial charge on any atom is -0.254 e. The molecule has 0 bridgehead atoms. The van der Waals surface area contributed by atoms with Gasteiger partial charge >= 0.3 is 0 Å². The largest absolute Gasteiger partial charge is 0.254 e. The molecule has 0 amide bonds. The van der Waals surface area contributed by atoms with Gasteiger partial charge in [-0.2, -0.15) is 0 Å². The second kappa shape index (κ2) is 2.87. The van der Waals surface area contributed by atoms with Gasteiger partial charge in [0, 0.05) is 4.90 Å². The van der Waals surface area contributed by atoms with Gasteiger partial charge in [-0.05, 0) is 18.6 Å². The van der Waals surface area contributed by atoms with Crippen LogP contribution in [0.5, 0.6) is 0 Å². The molecule has 0 heterocycles. The highest BCUT2D eigenvalue weighted by Gasteiger charge is 2.33. The third-order valence-corrected chi connectivity index (χ3v) is 3.73. The maximum Gasteiger partial charge on any atom is 0.0639 e. The van der Waals surface area contributed by atoms with Crippen molar-refractivity contribution in [3.63, 3.8) is 0 Å². The molecule has 62 valence electrons. The normalized spacial score (nSPS) is 23.7. The maximum atomic E-state index is 11.7. The number of hydrogen-bond donors (Lipinski definition) is 0. The van der Waals surface area contributed by atoms with Gasteiger partial charge in [-0.1, -0.05) is 30.4 Å². The maximum absolute atomic E-state index is 11.7. The highest BCUT2D eigenvalue weighted by Crippen LogP contribution is 2.35. The fourth-order valence-electron chi connectivity index (χ4n) is 1.13. The Balaban J connectivity index is 2.21. The predicted octanol–water partition coefficient (Wildman–Crippen LogP) is 2.12. The van der Waals surface area contributed by atoms with E-state index in [2.05, 4.69) is 6.58 Å². The Hall–Kier alpha value is -0.890. The van der Waals surface area contributed by atoms with Crippen LogP contribution in [0.15, 0.2) is 47.4 Å². The quantitative estimate of drug-likeness (QED) is 0.634. The fourth-order valence-corrected chi connectivity index (χ4v) is 2.55. The molecule has 0 radical (unpaired) electrons. The van der Waals surface area contributed by atoms with E-state index in [0.29, 0.717) is 0 Å². The molecule has 1 saturated carbocycles. The summed E-state index contributed by atoms with van der Waals surface area (Å²) in [6.45, 7) is 3.80. The van der Waals surface area contributed by atoms with Crippen molar-refractivity contribution in [2.24, 2.45) is 0 Å². The van der Waals surface area contributed by atoms with Gasteiger partial charge in [0.15, 0.2) is 0 Å². The lowest BCUT2D eigenvalue weighted by Crippen LogP contribution is -1.96. The topological polar surface area (TPSA) is 17.1 Å². The van der Waals surface area contributed by atoms with Gasteiger partial charge in [-0.25, -0.2) is 0 Å². The zero-order valence-corrected chi connectivity index (χ0v) is 7.51. The summed E-state index contributed by atoms with van der Waals surface area (Å²) in [5, 5.41) is 0.229. The summed E-state index contributed by atoms with van der Waals surface area (Å²) in [5.74, 6) is 0. The monoisotopic (exact) mass is 178 g/mol. The molecule has 0 saturated heterocycles. The molecular weight excluding hydrogens is 168 g/mol. The van der Waals surface area contributed by atoms with Crippen LogP contribution >= 0.6 is 0 Å². The van der Waals surface area contributed by atoms with Gasteiger partial charge < -0.3 is 0 Å². The fraction of sp³-hybridized carbons (Fsp3) is 0.200. The molecule has 1 nitrogen and oxygen atoms in total. The van der Waals surface area contributed by atoms with E-state index in [0.717, 1.165) is 16.9 Å². The molecule has 1 aliphatic carbocycles. The third-order valence-electron chi connectivity index (χ3n) is 1.98. The Morgan fingerprint density at radius 3 is 2.42 bits per heavy atom. The highest BCUT2D eigenvalue weighted by atomic mass is 32.2. The van der Waals surface area contributed by atoms with Crippen LogP contribution < -0.4 is 0 Å². The van der Waals surface area contributed by atoms with Crippen LogP contribution in [0, 0.1) is 0 Å². The van der Waals surface area contributed by atoms with Crippen LogP contribution in [-0.4, -0.2) is 9.46 Å². The summed E-state index contributed by atoms with van der Waals surface area (Å²) in [7, 11) is -0.854. The molecule has 1 aromatic carbocycles. The first-order chi connectivity index (χ1) is 5.79. The molecule has 2 unspecified atom stereocenters. The van der Waals surface area contributed by atoms with Crippen LogP contribution in [0.1, 0.15) is 6.42 Å². The third kappa shape index (κ3) is 1.34. The first kappa shape index (κ1) is 7.74. The van der Waals surface area contributed by atoms with Crippen molar-refractivity contribution in [2.45, 2.75) is 16.6 Å². The molecule has 1 aliphatic rings. The zero-order chi connectivity index (χ0) is 8.55. The first-order valence-electron chi connectivity index (χ1n) is 3.92. The van der Waals surface area contributed by atoms with Gasteiger partial charge in [-0.3, -0.25) is 4.21 Å². The number of hydrogen-bond acceptors (Lipinski definition) is 1. The molecule has 0 spiro atoms. The SMILES string of the molecule is C=C1CC1S(=O)c1ccccc1. The van der Waals surface area contributed by atoms with Crippen molar-refractivity contribution >= 4 is 10.8 Å². The van der Waals surface area contributed by atoms with E-state index in [1.807, 2.05) is 30.3 Å². The molecule has 0 N–H and O–H groups in total. The second-order valence-corrected chi connectivity index (χ2v) is 4.60. The lowest BCUT2D eigenvalue weighted by Gasteiger charge is -1.97. The van der Waals surface area contributed by atoms with E-state index < -0.39 is 10.8 Å². The van der Waals surface area contributed by atoms with Crippen molar-refractivity contribution in [1.82, 2.24) is 0 Å². The summed E-state index contributed by atoms with van der Waals surface area (Å²) in [6, 6.07) is 9.57. The summed E-state index contributed by atoms with van der Waals surface area (Å²) >= 11 is 0. The Bertz CT molecular complexity index is 329. The van der Waals surface area contributed by atoms with Crippen LogP contribution in [-0.2, 0) is 10.8 Å². The Morgan fingerprint density at radius 2 is 1.92 bits per heavy atom. The van der Waals surface area contributed by atoms with Gasteiger partial charge in [0.25, 0.3) is 0 Å². The molecule has 12 heavy (non-hydrogen) atoms. The lowest BCUT2D eigenvalue weighted by atomic mass is 10.4. The minimum absolute atomic E-state index is 0.229. The average Bonchev–Trinajstić information content (AvgIpc) is 2.83. The van der Waals surface area contributed by atoms with E-state index in [4.69, 9.17) is 0 Å². The van der Waals surface area contributed by atoms with E-state index in [1.54, 1.807) is 0 Å². The Morgan fingerprint density at radius 1 is 1.33 bits per heavy atom. The minimum atomic E-state index is -0.854. The van der Waals surface area contributed by atoms with Crippen LogP contribution in [0.25, 0.3) is 0 Å². The Kier molecular flexibility index (Phi) is 1.85. The van der Waals surface area contributed by atoms with E-state index in [-0.39, 0.29) is 5.25 Å². The van der Waals surface area contributed by atoms with E-state index in [9.17, 15) is 4.21 Å². The highest BCUT2D eigenvalue weighted by molar-refractivity contribution is 7.86. The molecule has 2 heteroatoms. The summed E-state index contributed by atoms with van der Waals surface area (Å²) < 4.78 is 11.7. The summed E-state index contributed by atoms with van der Waals surface area (Å²) in [4.78, 5) is 0.918. The molecule has 2 rings (SSSR count). The standard InChI is InChI=1S/C10H10OS/c1-8-7-10(8)12(11)9-5-3-2-4-6-9/h2-6,10H,1,7H2. The second-order valence-electron chi connectivity index (χ2n) is 2.96. The number of benzene rings is 1. The van der Waals surface area contributed by atoms with Crippen molar-refractivity contribution < 1.29 is 4.21 Å². The van der Waals surface area contributed by atoms with Crippen molar-refractivity contribution in [2.75, 3.05) is 0 Å². The summed E-state index contributed by atoms with van der Waals surface area (Å²) in [6.07, 6.45) is 0.932. The first-order valence-corrected chi connectivity index (χ1v) is 5.13. The van der Waals surface area contributed by atoms with Gasteiger partial charge in [-0.15, -0.1) is 0 Å².